The highest BCUT2D eigenvalue weighted by Gasteiger charge is 2.46. The first-order chi connectivity index (χ1) is 16.4. The number of aliphatic hydroxyl groups excluding tert-OH is 1. The number of aliphatic hydroxyl groups is 2. The van der Waals surface area contributed by atoms with Crippen molar-refractivity contribution >= 4 is 5.78 Å². The number of ketones is 1. The second-order valence-corrected chi connectivity index (χ2v) is 11.1. The second kappa shape index (κ2) is 11.0. The van der Waals surface area contributed by atoms with E-state index in [1.807, 2.05) is 0 Å². The summed E-state index contributed by atoms with van der Waals surface area (Å²) in [5, 5.41) is 33.1. The molecule has 2 aliphatic rings. The summed E-state index contributed by atoms with van der Waals surface area (Å²) >= 11 is 0. The second-order valence-electron chi connectivity index (χ2n) is 11.1. The van der Waals surface area contributed by atoms with Crippen molar-refractivity contribution in [3.63, 3.8) is 0 Å². The van der Waals surface area contributed by atoms with Crippen LogP contribution in [0.3, 0.4) is 0 Å². The van der Waals surface area contributed by atoms with Gasteiger partial charge in [0, 0.05) is 31.6 Å². The van der Waals surface area contributed by atoms with E-state index >= 15 is 0 Å². The quantitative estimate of drug-likeness (QED) is 0.494. The Balaban J connectivity index is 1.95. The summed E-state index contributed by atoms with van der Waals surface area (Å²) in [6.45, 7) is 10.9. The molecule has 1 aromatic heterocycles. The third kappa shape index (κ3) is 5.73. The Morgan fingerprint density at radius 1 is 1.31 bits per heavy atom. The number of hydrogen-bond donors (Lipinski definition) is 3. The zero-order valence-electron chi connectivity index (χ0n) is 22.1. The van der Waals surface area contributed by atoms with Crippen molar-refractivity contribution in [2.75, 3.05) is 0 Å². The Morgan fingerprint density at radius 3 is 2.63 bits per heavy atom. The Hall–Kier alpha value is -1.96. The monoisotopic (exact) mass is 489 g/mol. The van der Waals surface area contributed by atoms with Crippen molar-refractivity contribution in [1.82, 2.24) is 4.57 Å². The van der Waals surface area contributed by atoms with Crippen LogP contribution < -0.4 is 5.56 Å². The van der Waals surface area contributed by atoms with Crippen LogP contribution in [-0.2, 0) is 22.2 Å². The van der Waals surface area contributed by atoms with Gasteiger partial charge in [-0.3, -0.25) is 9.59 Å². The van der Waals surface area contributed by atoms with Gasteiger partial charge in [-0.05, 0) is 55.9 Å². The minimum atomic E-state index is -1.80. The third-order valence-electron chi connectivity index (χ3n) is 8.11. The number of allylic oxidation sites excluding steroid dienone is 1. The number of carbonyl (C=O) groups is 1. The zero-order valence-corrected chi connectivity index (χ0v) is 22.1. The number of nitrogens with zero attached hydrogens (tertiary/aromatic N) is 1. The Morgan fingerprint density at radius 2 is 2.00 bits per heavy atom. The summed E-state index contributed by atoms with van der Waals surface area (Å²) < 4.78 is 7.79. The number of hydrogen-bond acceptors (Lipinski definition) is 6. The van der Waals surface area contributed by atoms with Crippen molar-refractivity contribution in [2.45, 2.75) is 103 Å². The first kappa shape index (κ1) is 27.6. The van der Waals surface area contributed by atoms with Crippen LogP contribution in [0.15, 0.2) is 22.6 Å². The Labute approximate surface area is 208 Å². The highest BCUT2D eigenvalue weighted by molar-refractivity contribution is 5.80. The van der Waals surface area contributed by atoms with Crippen molar-refractivity contribution in [2.24, 2.45) is 24.8 Å². The summed E-state index contributed by atoms with van der Waals surface area (Å²) in [5.41, 5.74) is -0.879. The number of carbonyl (C=O) groups excluding carboxylic acids is 1. The molecule has 7 atom stereocenters. The van der Waals surface area contributed by atoms with E-state index in [2.05, 4.69) is 40.7 Å². The van der Waals surface area contributed by atoms with E-state index in [-0.39, 0.29) is 59.5 Å². The number of rotatable bonds is 7. The van der Waals surface area contributed by atoms with Crippen molar-refractivity contribution < 1.29 is 24.9 Å². The maximum atomic E-state index is 13.2. The van der Waals surface area contributed by atoms with Crippen LogP contribution in [0, 0.1) is 17.8 Å². The fourth-order valence-corrected chi connectivity index (χ4v) is 5.78. The predicted molar refractivity (Wildman–Crippen MR) is 135 cm³/mol. The van der Waals surface area contributed by atoms with E-state index in [0.717, 1.165) is 24.8 Å². The lowest BCUT2D eigenvalue weighted by Gasteiger charge is -2.39. The van der Waals surface area contributed by atoms with Gasteiger partial charge in [-0.1, -0.05) is 40.2 Å². The lowest BCUT2D eigenvalue weighted by Crippen LogP contribution is -2.46. The fraction of sp³-hybridized carbons (Fsp3) is 0.714. The molecule has 35 heavy (non-hydrogen) atoms. The van der Waals surface area contributed by atoms with Gasteiger partial charge in [0.15, 0.2) is 0 Å². The summed E-state index contributed by atoms with van der Waals surface area (Å²) in [5.74, 6) is 0.849. The molecule has 2 heterocycles. The maximum absolute atomic E-state index is 13.2. The van der Waals surface area contributed by atoms with Gasteiger partial charge in [0.05, 0.1) is 23.9 Å². The van der Waals surface area contributed by atoms with E-state index in [4.69, 9.17) is 4.74 Å². The third-order valence-corrected chi connectivity index (χ3v) is 8.11. The first-order valence-electron chi connectivity index (χ1n) is 13.1. The summed E-state index contributed by atoms with van der Waals surface area (Å²) in [4.78, 5) is 24.9. The predicted octanol–water partition coefficient (Wildman–Crippen LogP) is 4.27. The Kier molecular flexibility index (Phi) is 8.66. The molecule has 0 spiro atoms. The first-order valence-corrected chi connectivity index (χ1v) is 13.1. The highest BCUT2D eigenvalue weighted by Crippen LogP contribution is 2.45. The molecular weight excluding hydrogens is 446 g/mol. The van der Waals surface area contributed by atoms with Gasteiger partial charge in [-0.15, -0.1) is 0 Å². The highest BCUT2D eigenvalue weighted by atomic mass is 16.5. The largest absolute Gasteiger partial charge is 0.507 e. The van der Waals surface area contributed by atoms with Crippen molar-refractivity contribution in [3.8, 4) is 5.75 Å². The van der Waals surface area contributed by atoms with E-state index in [0.29, 0.717) is 18.3 Å². The molecular formula is C28H43NO6. The van der Waals surface area contributed by atoms with Crippen molar-refractivity contribution in [3.05, 3.63) is 39.3 Å². The number of Topliss-reactive ketones (excluding diaryl/α,β-unsaturated/α-hetero) is 1. The lowest BCUT2D eigenvalue weighted by atomic mass is 9.76. The molecule has 3 N–H and O–H groups in total. The van der Waals surface area contributed by atoms with Gasteiger partial charge in [0.2, 0.25) is 0 Å². The van der Waals surface area contributed by atoms with Crippen LogP contribution in [0.5, 0.6) is 5.75 Å². The van der Waals surface area contributed by atoms with Crippen molar-refractivity contribution in [1.29, 1.82) is 0 Å². The standard InChI is InChI=1S/C28H43NO6/c1-7-16(2)12-17(3)13-19(5)26-18(4)8-9-22(35-26)24-25(32)21(15-29(6)27(24)33)28(34)11-10-20(30)14-23(28)31/h13,15-18,22-23,26,31-32,34H,7-12,14H2,1-6H3/b19-13+. The molecule has 1 saturated heterocycles. The molecule has 7 unspecified atom stereocenters. The van der Waals surface area contributed by atoms with Crippen LogP contribution in [0.1, 0.15) is 96.8 Å². The molecule has 7 heteroatoms. The average molecular weight is 490 g/mol. The van der Waals surface area contributed by atoms with Crippen LogP contribution in [-0.4, -0.2) is 37.9 Å². The average Bonchev–Trinajstić information content (AvgIpc) is 2.79. The SMILES string of the molecule is CCC(C)CC(C)/C=C(\C)C1OC(c2c(O)c(C3(O)CCC(=O)CC3O)cn(C)c2=O)CCC1C. The molecule has 1 aliphatic heterocycles. The van der Waals surface area contributed by atoms with Gasteiger partial charge in [-0.2, -0.15) is 0 Å². The normalized spacial score (nSPS) is 31.9. The van der Waals surface area contributed by atoms with Crippen LogP contribution in [0.25, 0.3) is 0 Å². The van der Waals surface area contributed by atoms with Crippen LogP contribution in [0.2, 0.25) is 0 Å². The smallest absolute Gasteiger partial charge is 0.259 e. The Bertz CT molecular complexity index is 1010. The molecule has 1 saturated carbocycles. The molecule has 0 bridgehead atoms. The van der Waals surface area contributed by atoms with Gasteiger partial charge in [0.25, 0.3) is 5.56 Å². The molecule has 2 fully saturated rings. The van der Waals surface area contributed by atoms with Gasteiger partial charge >= 0.3 is 0 Å². The molecule has 7 nitrogen and oxygen atoms in total. The van der Waals surface area contributed by atoms with Crippen LogP contribution >= 0.6 is 0 Å². The molecule has 1 aliphatic carbocycles. The van der Waals surface area contributed by atoms with Crippen LogP contribution in [0.4, 0.5) is 0 Å². The van der Waals surface area contributed by atoms with Gasteiger partial charge < -0.3 is 24.6 Å². The van der Waals surface area contributed by atoms with E-state index in [1.54, 1.807) is 7.05 Å². The molecule has 196 valence electrons. The zero-order chi connectivity index (χ0) is 26.1. The number of aryl methyl sites for hydroxylation is 1. The van der Waals surface area contributed by atoms with Gasteiger partial charge in [0.1, 0.15) is 17.1 Å². The molecule has 0 radical (unpaired) electrons. The molecule has 0 aromatic carbocycles. The number of pyridine rings is 1. The topological polar surface area (TPSA) is 109 Å². The molecule has 3 rings (SSSR count). The number of ether oxygens (including phenoxy) is 1. The summed E-state index contributed by atoms with van der Waals surface area (Å²) in [6.07, 6.45) is 5.01. The van der Waals surface area contributed by atoms with E-state index in [1.165, 1.54) is 10.8 Å². The molecule has 1 aromatic rings. The minimum absolute atomic E-state index is 0.0146. The number of aromatic hydroxyl groups is 1. The fourth-order valence-electron chi connectivity index (χ4n) is 5.78. The number of aromatic nitrogens is 1. The van der Waals surface area contributed by atoms with E-state index in [9.17, 15) is 24.9 Å². The maximum Gasteiger partial charge on any atom is 0.259 e. The van der Waals surface area contributed by atoms with Gasteiger partial charge in [-0.25, -0.2) is 0 Å². The lowest BCUT2D eigenvalue weighted by molar-refractivity contribution is -0.143. The summed E-state index contributed by atoms with van der Waals surface area (Å²) in [7, 11) is 1.56. The minimum Gasteiger partial charge on any atom is -0.507 e. The van der Waals surface area contributed by atoms with E-state index < -0.39 is 17.8 Å². The molecule has 0 amide bonds. The summed E-state index contributed by atoms with van der Waals surface area (Å²) in [6, 6.07) is 0.